The predicted molar refractivity (Wildman–Crippen MR) is 83.9 cm³/mol. The van der Waals surface area contributed by atoms with Gasteiger partial charge in [0.25, 0.3) is 0 Å². The second kappa shape index (κ2) is 7.29. The molecule has 1 aliphatic carbocycles. The van der Waals surface area contributed by atoms with Crippen LogP contribution in [0.25, 0.3) is 0 Å². The van der Waals surface area contributed by atoms with Crippen LogP contribution in [0.2, 0.25) is 0 Å². The zero-order valence-electron chi connectivity index (χ0n) is 12.8. The molecule has 0 aliphatic heterocycles. The van der Waals surface area contributed by atoms with Crippen molar-refractivity contribution in [3.8, 4) is 5.75 Å². The molecule has 0 aromatic heterocycles. The number of hydrogen-bond acceptors (Lipinski definition) is 4. The zero-order chi connectivity index (χ0) is 15.2. The third-order valence-electron chi connectivity index (χ3n) is 4.12. The summed E-state index contributed by atoms with van der Waals surface area (Å²) in [6, 6.07) is 5.42. The van der Waals surface area contributed by atoms with Gasteiger partial charge in [0.05, 0.1) is 11.5 Å². The fraction of sp³-hybridized carbons (Fsp3) is 0.625. The van der Waals surface area contributed by atoms with E-state index in [4.69, 9.17) is 4.74 Å². The molecule has 2 rings (SSSR count). The van der Waals surface area contributed by atoms with E-state index in [9.17, 15) is 10.1 Å². The van der Waals surface area contributed by atoms with Crippen LogP contribution in [0.5, 0.6) is 5.75 Å². The fourth-order valence-corrected chi connectivity index (χ4v) is 2.92. The number of nitrogens with one attached hydrogen (secondary N) is 1. The summed E-state index contributed by atoms with van der Waals surface area (Å²) < 4.78 is 5.51. The molecule has 1 aliphatic rings. The number of nitrogens with zero attached hydrogens (tertiary/aromatic N) is 1. The van der Waals surface area contributed by atoms with E-state index in [1.54, 1.807) is 12.1 Å². The highest BCUT2D eigenvalue weighted by Gasteiger charge is 2.22. The summed E-state index contributed by atoms with van der Waals surface area (Å²) in [7, 11) is 0. The van der Waals surface area contributed by atoms with Crippen molar-refractivity contribution in [1.82, 2.24) is 0 Å². The number of nitro benzene ring substituents is 1. The Labute approximate surface area is 125 Å². The van der Waals surface area contributed by atoms with E-state index < -0.39 is 4.92 Å². The van der Waals surface area contributed by atoms with Gasteiger partial charge in [0.15, 0.2) is 5.75 Å². The SMILES string of the molecule is CCCOc1cc(NC(C)C2CCCC2)ccc1[N+](=O)[O-]. The molecule has 0 radical (unpaired) electrons. The van der Waals surface area contributed by atoms with Crippen molar-refractivity contribution in [2.45, 2.75) is 52.0 Å². The molecule has 1 unspecified atom stereocenters. The minimum Gasteiger partial charge on any atom is -0.487 e. The molecular formula is C16H24N2O3. The summed E-state index contributed by atoms with van der Waals surface area (Å²) in [5.74, 6) is 1.05. The van der Waals surface area contributed by atoms with Crippen molar-refractivity contribution in [2.24, 2.45) is 5.92 Å². The minimum absolute atomic E-state index is 0.0301. The quantitative estimate of drug-likeness (QED) is 0.598. The highest BCUT2D eigenvalue weighted by molar-refractivity contribution is 5.58. The lowest BCUT2D eigenvalue weighted by atomic mass is 9.99. The Morgan fingerprint density at radius 2 is 2.14 bits per heavy atom. The van der Waals surface area contributed by atoms with Crippen molar-refractivity contribution in [3.63, 3.8) is 0 Å². The first-order valence-corrected chi connectivity index (χ1v) is 7.79. The Hall–Kier alpha value is -1.78. The maximum atomic E-state index is 11.0. The molecule has 21 heavy (non-hydrogen) atoms. The van der Waals surface area contributed by atoms with E-state index in [-0.39, 0.29) is 5.69 Å². The number of benzene rings is 1. The lowest BCUT2D eigenvalue weighted by Crippen LogP contribution is -2.23. The molecular weight excluding hydrogens is 268 g/mol. The number of ether oxygens (including phenoxy) is 1. The Morgan fingerprint density at radius 1 is 1.43 bits per heavy atom. The maximum absolute atomic E-state index is 11.0. The lowest BCUT2D eigenvalue weighted by Gasteiger charge is -2.21. The van der Waals surface area contributed by atoms with Crippen molar-refractivity contribution in [3.05, 3.63) is 28.3 Å². The molecule has 1 fully saturated rings. The van der Waals surface area contributed by atoms with E-state index in [0.29, 0.717) is 24.3 Å². The second-order valence-corrected chi connectivity index (χ2v) is 5.77. The van der Waals surface area contributed by atoms with Crippen LogP contribution in [-0.4, -0.2) is 17.6 Å². The van der Waals surface area contributed by atoms with E-state index in [1.165, 1.54) is 31.7 Å². The lowest BCUT2D eigenvalue weighted by molar-refractivity contribution is -0.385. The van der Waals surface area contributed by atoms with Gasteiger partial charge >= 0.3 is 5.69 Å². The molecule has 0 bridgehead atoms. The normalized spacial score (nSPS) is 16.7. The first-order valence-electron chi connectivity index (χ1n) is 7.79. The second-order valence-electron chi connectivity index (χ2n) is 5.77. The summed E-state index contributed by atoms with van der Waals surface area (Å²) in [6.07, 6.45) is 5.97. The van der Waals surface area contributed by atoms with Gasteiger partial charge in [-0.3, -0.25) is 10.1 Å². The molecule has 5 nitrogen and oxygen atoms in total. The summed E-state index contributed by atoms with van der Waals surface area (Å²) in [6.45, 7) is 4.66. The molecule has 0 spiro atoms. The monoisotopic (exact) mass is 292 g/mol. The Kier molecular flexibility index (Phi) is 5.42. The summed E-state index contributed by atoms with van der Waals surface area (Å²) >= 11 is 0. The summed E-state index contributed by atoms with van der Waals surface area (Å²) in [5, 5.41) is 14.5. The van der Waals surface area contributed by atoms with Gasteiger partial charge in [0, 0.05) is 23.9 Å². The van der Waals surface area contributed by atoms with Gasteiger partial charge in [0.1, 0.15) is 0 Å². The Morgan fingerprint density at radius 3 is 2.76 bits per heavy atom. The molecule has 5 heteroatoms. The van der Waals surface area contributed by atoms with Gasteiger partial charge < -0.3 is 10.1 Å². The zero-order valence-corrected chi connectivity index (χ0v) is 12.8. The van der Waals surface area contributed by atoms with Crippen molar-refractivity contribution < 1.29 is 9.66 Å². The molecule has 1 aromatic rings. The van der Waals surface area contributed by atoms with Gasteiger partial charge in [-0.05, 0) is 38.2 Å². The largest absolute Gasteiger partial charge is 0.487 e. The number of anilines is 1. The summed E-state index contributed by atoms with van der Waals surface area (Å²) in [4.78, 5) is 10.6. The van der Waals surface area contributed by atoms with E-state index >= 15 is 0 Å². The Balaban J connectivity index is 2.10. The molecule has 1 atom stereocenters. The van der Waals surface area contributed by atoms with E-state index in [1.807, 2.05) is 6.92 Å². The molecule has 1 N–H and O–H groups in total. The van der Waals surface area contributed by atoms with Gasteiger partial charge in [-0.15, -0.1) is 0 Å². The molecule has 1 saturated carbocycles. The number of nitro groups is 1. The average molecular weight is 292 g/mol. The van der Waals surface area contributed by atoms with Crippen molar-refractivity contribution >= 4 is 11.4 Å². The topological polar surface area (TPSA) is 64.4 Å². The Bertz CT molecular complexity index is 484. The minimum atomic E-state index is -0.394. The third-order valence-corrected chi connectivity index (χ3v) is 4.12. The van der Waals surface area contributed by atoms with Gasteiger partial charge in [-0.25, -0.2) is 0 Å². The van der Waals surface area contributed by atoms with Crippen LogP contribution < -0.4 is 10.1 Å². The first-order chi connectivity index (χ1) is 10.1. The van der Waals surface area contributed by atoms with Gasteiger partial charge in [-0.1, -0.05) is 19.8 Å². The summed E-state index contributed by atoms with van der Waals surface area (Å²) in [5.41, 5.74) is 0.925. The standard InChI is InChI=1S/C16H24N2O3/c1-3-10-21-16-11-14(8-9-15(16)18(19)20)17-12(2)13-6-4-5-7-13/h8-9,11-13,17H,3-7,10H2,1-2H3. The van der Waals surface area contributed by atoms with Crippen molar-refractivity contribution in [2.75, 3.05) is 11.9 Å². The van der Waals surface area contributed by atoms with Crippen LogP contribution in [0.15, 0.2) is 18.2 Å². The van der Waals surface area contributed by atoms with Crippen LogP contribution in [-0.2, 0) is 0 Å². The van der Waals surface area contributed by atoms with Crippen LogP contribution in [0.4, 0.5) is 11.4 Å². The van der Waals surface area contributed by atoms with Crippen LogP contribution >= 0.6 is 0 Å². The fourth-order valence-electron chi connectivity index (χ4n) is 2.92. The smallest absolute Gasteiger partial charge is 0.311 e. The predicted octanol–water partition coefficient (Wildman–Crippen LogP) is 4.37. The molecule has 116 valence electrons. The highest BCUT2D eigenvalue weighted by Crippen LogP contribution is 2.33. The maximum Gasteiger partial charge on any atom is 0.311 e. The van der Waals surface area contributed by atoms with Gasteiger partial charge in [0.2, 0.25) is 0 Å². The number of rotatable bonds is 7. The van der Waals surface area contributed by atoms with E-state index in [0.717, 1.165) is 12.1 Å². The van der Waals surface area contributed by atoms with Gasteiger partial charge in [-0.2, -0.15) is 0 Å². The van der Waals surface area contributed by atoms with E-state index in [2.05, 4.69) is 12.2 Å². The highest BCUT2D eigenvalue weighted by atomic mass is 16.6. The molecule has 0 saturated heterocycles. The molecule has 0 heterocycles. The van der Waals surface area contributed by atoms with Crippen LogP contribution in [0.3, 0.4) is 0 Å². The first kappa shape index (κ1) is 15.6. The average Bonchev–Trinajstić information content (AvgIpc) is 2.99. The number of hydrogen-bond donors (Lipinski definition) is 1. The molecule has 0 amide bonds. The van der Waals surface area contributed by atoms with Crippen LogP contribution in [0.1, 0.15) is 46.0 Å². The van der Waals surface area contributed by atoms with Crippen LogP contribution in [0, 0.1) is 16.0 Å². The van der Waals surface area contributed by atoms with Crippen molar-refractivity contribution in [1.29, 1.82) is 0 Å². The molecule has 1 aromatic carbocycles. The third kappa shape index (κ3) is 4.09.